The zero-order valence-corrected chi connectivity index (χ0v) is 15.3. The van der Waals surface area contributed by atoms with Crippen LogP contribution >= 0.6 is 0 Å². The van der Waals surface area contributed by atoms with Crippen LogP contribution in [-0.4, -0.2) is 48.4 Å². The van der Waals surface area contributed by atoms with E-state index in [1.165, 1.54) is 5.56 Å². The molecule has 6 heteroatoms. The highest BCUT2D eigenvalue weighted by Crippen LogP contribution is 2.27. The Kier molecular flexibility index (Phi) is 4.93. The second kappa shape index (κ2) is 7.50. The molecule has 1 aromatic heterocycles. The van der Waals surface area contributed by atoms with Crippen molar-refractivity contribution in [2.45, 2.75) is 25.3 Å². The Hall–Kier alpha value is -2.34. The van der Waals surface area contributed by atoms with Gasteiger partial charge in [-0.1, -0.05) is 30.3 Å². The van der Waals surface area contributed by atoms with E-state index in [1.807, 2.05) is 13.1 Å². The number of ether oxygens (including phenoxy) is 1. The van der Waals surface area contributed by atoms with Crippen molar-refractivity contribution < 1.29 is 4.74 Å². The largest absolute Gasteiger partial charge is 0.378 e. The summed E-state index contributed by atoms with van der Waals surface area (Å²) in [6.07, 6.45) is 3.25. The third-order valence-electron chi connectivity index (χ3n) is 5.38. The van der Waals surface area contributed by atoms with Gasteiger partial charge in [0.1, 0.15) is 5.82 Å². The monoisotopic (exact) mass is 354 g/mol. The van der Waals surface area contributed by atoms with E-state index in [9.17, 15) is 4.79 Å². The van der Waals surface area contributed by atoms with Crippen LogP contribution in [0.2, 0.25) is 0 Å². The molecular weight excluding hydrogens is 328 g/mol. The molecule has 0 saturated carbocycles. The SMILES string of the molecule is Cn1c(N2CCC[C@@H]2Cc2ccccc2)nc(N2CCOCC2)cc1=O. The Morgan fingerprint density at radius 3 is 2.69 bits per heavy atom. The second-order valence-electron chi connectivity index (χ2n) is 7.09. The summed E-state index contributed by atoms with van der Waals surface area (Å²) >= 11 is 0. The summed E-state index contributed by atoms with van der Waals surface area (Å²) in [5.74, 6) is 1.56. The number of morpholine rings is 1. The highest BCUT2D eigenvalue weighted by Gasteiger charge is 2.28. The van der Waals surface area contributed by atoms with Crippen LogP contribution in [0.4, 0.5) is 11.8 Å². The minimum Gasteiger partial charge on any atom is -0.378 e. The fourth-order valence-electron chi connectivity index (χ4n) is 3.92. The van der Waals surface area contributed by atoms with Gasteiger partial charge in [-0.2, -0.15) is 4.98 Å². The summed E-state index contributed by atoms with van der Waals surface area (Å²) in [5, 5.41) is 0. The lowest BCUT2D eigenvalue weighted by molar-refractivity contribution is 0.122. The first-order chi connectivity index (χ1) is 12.7. The van der Waals surface area contributed by atoms with Crippen LogP contribution in [-0.2, 0) is 18.2 Å². The summed E-state index contributed by atoms with van der Waals surface area (Å²) in [4.78, 5) is 21.9. The second-order valence-corrected chi connectivity index (χ2v) is 7.09. The van der Waals surface area contributed by atoms with Crippen molar-refractivity contribution in [2.24, 2.45) is 7.05 Å². The van der Waals surface area contributed by atoms with Crippen molar-refractivity contribution in [1.29, 1.82) is 0 Å². The fourth-order valence-corrected chi connectivity index (χ4v) is 3.92. The van der Waals surface area contributed by atoms with Crippen molar-refractivity contribution in [3.63, 3.8) is 0 Å². The quantitative estimate of drug-likeness (QED) is 0.838. The third kappa shape index (κ3) is 3.46. The van der Waals surface area contributed by atoms with Gasteiger partial charge in [-0.3, -0.25) is 9.36 Å². The fraction of sp³-hybridized carbons (Fsp3) is 0.500. The van der Waals surface area contributed by atoms with E-state index >= 15 is 0 Å². The van der Waals surface area contributed by atoms with Crippen LogP contribution in [0.1, 0.15) is 18.4 Å². The zero-order valence-electron chi connectivity index (χ0n) is 15.3. The van der Waals surface area contributed by atoms with Crippen LogP contribution in [0.3, 0.4) is 0 Å². The molecule has 1 atom stereocenters. The molecule has 2 aliphatic heterocycles. The highest BCUT2D eigenvalue weighted by molar-refractivity contribution is 5.46. The van der Waals surface area contributed by atoms with Gasteiger partial charge < -0.3 is 14.5 Å². The minimum atomic E-state index is 0.00172. The van der Waals surface area contributed by atoms with Crippen LogP contribution in [0.5, 0.6) is 0 Å². The molecule has 0 N–H and O–H groups in total. The van der Waals surface area contributed by atoms with Gasteiger partial charge >= 0.3 is 0 Å². The summed E-state index contributed by atoms with van der Waals surface area (Å²) in [6.45, 7) is 3.89. The maximum Gasteiger partial charge on any atom is 0.256 e. The van der Waals surface area contributed by atoms with E-state index in [-0.39, 0.29) is 5.56 Å². The van der Waals surface area contributed by atoms with E-state index in [0.29, 0.717) is 19.3 Å². The molecular formula is C20H26N4O2. The van der Waals surface area contributed by atoms with E-state index in [4.69, 9.17) is 9.72 Å². The standard InChI is InChI=1S/C20H26N4O2/c1-22-19(25)15-18(23-10-12-26-13-11-23)21-20(22)24-9-5-8-17(24)14-16-6-3-2-4-7-16/h2-4,6-7,15,17H,5,8-14H2,1H3/t17-/m1/s1. The average molecular weight is 354 g/mol. The summed E-state index contributed by atoms with van der Waals surface area (Å²) in [7, 11) is 1.83. The van der Waals surface area contributed by atoms with E-state index in [1.54, 1.807) is 10.6 Å². The zero-order chi connectivity index (χ0) is 17.9. The first kappa shape index (κ1) is 17.1. The number of anilines is 2. The van der Waals surface area contributed by atoms with E-state index in [2.05, 4.69) is 34.1 Å². The number of hydrogen-bond donors (Lipinski definition) is 0. The van der Waals surface area contributed by atoms with Gasteiger partial charge in [-0.25, -0.2) is 0 Å². The smallest absolute Gasteiger partial charge is 0.256 e. The lowest BCUT2D eigenvalue weighted by Gasteiger charge is -2.31. The number of benzene rings is 1. The predicted octanol–water partition coefficient (Wildman–Crippen LogP) is 1.83. The Morgan fingerprint density at radius 2 is 1.92 bits per heavy atom. The molecule has 2 aromatic rings. The first-order valence-corrected chi connectivity index (χ1v) is 9.44. The number of rotatable bonds is 4. The molecule has 0 bridgehead atoms. The molecule has 2 saturated heterocycles. The molecule has 0 amide bonds. The summed E-state index contributed by atoms with van der Waals surface area (Å²) < 4.78 is 7.11. The van der Waals surface area contributed by atoms with Gasteiger partial charge in [-0.05, 0) is 24.8 Å². The molecule has 0 radical (unpaired) electrons. The topological polar surface area (TPSA) is 50.6 Å². The van der Waals surface area contributed by atoms with Crippen molar-refractivity contribution in [2.75, 3.05) is 42.6 Å². The average Bonchev–Trinajstić information content (AvgIpc) is 3.13. The predicted molar refractivity (Wildman–Crippen MR) is 103 cm³/mol. The first-order valence-electron chi connectivity index (χ1n) is 9.44. The van der Waals surface area contributed by atoms with Gasteiger partial charge in [0, 0.05) is 38.8 Å². The summed E-state index contributed by atoms with van der Waals surface area (Å²) in [5.41, 5.74) is 1.33. The van der Waals surface area contributed by atoms with Crippen LogP contribution in [0.25, 0.3) is 0 Å². The molecule has 26 heavy (non-hydrogen) atoms. The minimum absolute atomic E-state index is 0.00172. The van der Waals surface area contributed by atoms with Crippen molar-refractivity contribution in [1.82, 2.24) is 9.55 Å². The normalized spacial score (nSPS) is 20.6. The Morgan fingerprint density at radius 1 is 1.15 bits per heavy atom. The molecule has 6 nitrogen and oxygen atoms in total. The molecule has 0 spiro atoms. The highest BCUT2D eigenvalue weighted by atomic mass is 16.5. The molecule has 0 unspecified atom stereocenters. The van der Waals surface area contributed by atoms with Crippen LogP contribution in [0, 0.1) is 0 Å². The summed E-state index contributed by atoms with van der Waals surface area (Å²) in [6, 6.07) is 12.6. The molecule has 2 aliphatic rings. The molecule has 4 rings (SSSR count). The number of aromatic nitrogens is 2. The maximum atomic E-state index is 12.6. The molecule has 0 aliphatic carbocycles. The van der Waals surface area contributed by atoms with Crippen LogP contribution < -0.4 is 15.4 Å². The maximum absolute atomic E-state index is 12.6. The van der Waals surface area contributed by atoms with Crippen molar-refractivity contribution >= 4 is 11.8 Å². The Balaban J connectivity index is 1.62. The number of nitrogens with zero attached hydrogens (tertiary/aromatic N) is 4. The molecule has 1 aromatic carbocycles. The Labute approximate surface area is 154 Å². The van der Waals surface area contributed by atoms with Gasteiger partial charge in [0.25, 0.3) is 5.56 Å². The third-order valence-corrected chi connectivity index (χ3v) is 5.38. The van der Waals surface area contributed by atoms with Gasteiger partial charge in [0.2, 0.25) is 5.95 Å². The number of hydrogen-bond acceptors (Lipinski definition) is 5. The van der Waals surface area contributed by atoms with E-state index in [0.717, 1.165) is 50.7 Å². The Bertz CT molecular complexity index is 799. The van der Waals surface area contributed by atoms with Crippen molar-refractivity contribution in [3.05, 3.63) is 52.3 Å². The van der Waals surface area contributed by atoms with Crippen LogP contribution in [0.15, 0.2) is 41.2 Å². The molecule has 138 valence electrons. The van der Waals surface area contributed by atoms with Gasteiger partial charge in [0.05, 0.1) is 13.2 Å². The lowest BCUT2D eigenvalue weighted by atomic mass is 10.0. The molecule has 3 heterocycles. The molecule has 2 fully saturated rings. The van der Waals surface area contributed by atoms with Crippen molar-refractivity contribution in [3.8, 4) is 0 Å². The van der Waals surface area contributed by atoms with Gasteiger partial charge in [-0.15, -0.1) is 0 Å². The van der Waals surface area contributed by atoms with Gasteiger partial charge in [0.15, 0.2) is 0 Å². The van der Waals surface area contributed by atoms with E-state index < -0.39 is 0 Å². The lowest BCUT2D eigenvalue weighted by Crippen LogP contribution is -2.40.